The van der Waals surface area contributed by atoms with Gasteiger partial charge < -0.3 is 9.47 Å². The van der Waals surface area contributed by atoms with E-state index in [0.717, 1.165) is 24.4 Å². The van der Waals surface area contributed by atoms with Gasteiger partial charge in [0.1, 0.15) is 10.6 Å². The van der Waals surface area contributed by atoms with E-state index in [2.05, 4.69) is 22.4 Å². The van der Waals surface area contributed by atoms with E-state index in [0.29, 0.717) is 18.5 Å². The average molecular weight is 356 g/mol. The molecule has 1 aliphatic carbocycles. The largest absolute Gasteiger partial charge is 0.484 e. The standard InChI is InChI=1S/C18H20N4O2S/c1-13-5-7-14(8-6-13)23-11-15-19-21-16-12-25-18(9-3-2-4-10-18)22(16)20-17(21)24-15/h5-8,12H,2-4,9-11H2,1H3. The van der Waals surface area contributed by atoms with Gasteiger partial charge in [-0.1, -0.05) is 48.7 Å². The Hall–Kier alpha value is -2.15. The zero-order chi connectivity index (χ0) is 16.9. The molecule has 1 spiro atoms. The molecule has 130 valence electrons. The lowest BCUT2D eigenvalue weighted by atomic mass is 9.94. The highest BCUT2D eigenvalue weighted by Crippen LogP contribution is 2.52. The Labute approximate surface area is 151 Å². The van der Waals surface area contributed by atoms with Gasteiger partial charge in [0.2, 0.25) is 0 Å². The van der Waals surface area contributed by atoms with Crippen molar-refractivity contribution < 1.29 is 9.47 Å². The number of hydrogen-bond donors (Lipinski definition) is 0. The summed E-state index contributed by atoms with van der Waals surface area (Å²) in [6.45, 7) is 2.35. The number of rotatable bonds is 3. The summed E-state index contributed by atoms with van der Waals surface area (Å²) >= 11 is 1.88. The van der Waals surface area contributed by atoms with Crippen LogP contribution in [-0.4, -0.2) is 33.4 Å². The molecule has 0 radical (unpaired) electrons. The number of thioether (sulfide) groups is 1. The number of fused-ring (bicyclic) bond motifs is 4. The fourth-order valence-electron chi connectivity index (χ4n) is 3.65. The van der Waals surface area contributed by atoms with Gasteiger partial charge in [-0.05, 0) is 31.9 Å². The molecule has 0 bridgehead atoms. The fourth-order valence-corrected chi connectivity index (χ4v) is 4.93. The predicted octanol–water partition coefficient (Wildman–Crippen LogP) is 3.81. The quantitative estimate of drug-likeness (QED) is 0.824. The molecule has 1 aromatic carbocycles. The molecule has 0 atom stereocenters. The predicted molar refractivity (Wildman–Crippen MR) is 97.8 cm³/mol. The van der Waals surface area contributed by atoms with Crippen LogP contribution in [0.25, 0.3) is 0 Å². The van der Waals surface area contributed by atoms with Crippen LogP contribution in [0.3, 0.4) is 0 Å². The van der Waals surface area contributed by atoms with E-state index < -0.39 is 0 Å². The van der Waals surface area contributed by atoms with Crippen molar-refractivity contribution in [2.45, 2.75) is 43.9 Å². The zero-order valence-corrected chi connectivity index (χ0v) is 15.0. The Bertz CT molecular complexity index is 781. The lowest BCUT2D eigenvalue weighted by molar-refractivity contribution is 0.170. The third-order valence-corrected chi connectivity index (χ3v) is 6.36. The first-order valence-corrected chi connectivity index (χ1v) is 9.63. The average Bonchev–Trinajstić information content (AvgIpc) is 3.27. The van der Waals surface area contributed by atoms with Crippen LogP contribution in [0.15, 0.2) is 45.7 Å². The minimum absolute atomic E-state index is 0.0718. The van der Waals surface area contributed by atoms with Crippen LogP contribution in [-0.2, 0) is 4.74 Å². The molecule has 6 nitrogen and oxygen atoms in total. The molecule has 7 heteroatoms. The maximum absolute atomic E-state index is 5.81. The number of benzene rings is 1. The van der Waals surface area contributed by atoms with E-state index >= 15 is 0 Å². The first kappa shape index (κ1) is 15.1. The van der Waals surface area contributed by atoms with Crippen LogP contribution in [0, 0.1) is 6.92 Å². The van der Waals surface area contributed by atoms with E-state index in [-0.39, 0.29) is 4.87 Å². The van der Waals surface area contributed by atoms with Gasteiger partial charge in [0.15, 0.2) is 12.4 Å². The first-order chi connectivity index (χ1) is 12.2. The topological polar surface area (TPSA) is 49.7 Å². The molecule has 0 amide bonds. The van der Waals surface area contributed by atoms with Crippen LogP contribution >= 0.6 is 11.8 Å². The van der Waals surface area contributed by atoms with Crippen LogP contribution in [0.5, 0.6) is 5.75 Å². The van der Waals surface area contributed by atoms with E-state index in [9.17, 15) is 0 Å². The molecular weight excluding hydrogens is 336 g/mol. The summed E-state index contributed by atoms with van der Waals surface area (Å²) in [5.41, 5.74) is 1.21. The molecule has 1 fully saturated rings. The molecule has 3 heterocycles. The van der Waals surface area contributed by atoms with Gasteiger partial charge in [0.05, 0.1) is 0 Å². The molecule has 0 saturated heterocycles. The number of ether oxygens (including phenoxy) is 2. The Morgan fingerprint density at radius 3 is 2.76 bits per heavy atom. The normalized spacial score (nSPS) is 23.0. The Kier molecular flexibility index (Phi) is 3.45. The van der Waals surface area contributed by atoms with Crippen molar-refractivity contribution in [3.63, 3.8) is 0 Å². The van der Waals surface area contributed by atoms with Crippen molar-refractivity contribution in [1.82, 2.24) is 10.0 Å². The monoisotopic (exact) mass is 356 g/mol. The zero-order valence-electron chi connectivity index (χ0n) is 14.1. The number of amidine groups is 1. The van der Waals surface area contributed by atoms with Gasteiger partial charge in [-0.15, -0.1) is 10.2 Å². The van der Waals surface area contributed by atoms with Crippen molar-refractivity contribution in [1.29, 1.82) is 0 Å². The Morgan fingerprint density at radius 1 is 1.16 bits per heavy atom. The minimum atomic E-state index is 0.0718. The molecule has 4 aliphatic rings. The number of nitrogens with zero attached hydrogens (tertiary/aromatic N) is 4. The number of hydrogen-bond acceptors (Lipinski definition) is 7. The van der Waals surface area contributed by atoms with Crippen molar-refractivity contribution in [3.05, 3.63) is 41.1 Å². The molecule has 1 saturated carbocycles. The first-order valence-electron chi connectivity index (χ1n) is 8.75. The maximum atomic E-state index is 5.81. The molecule has 25 heavy (non-hydrogen) atoms. The molecule has 1 aromatic rings. The van der Waals surface area contributed by atoms with Gasteiger partial charge in [-0.2, -0.15) is 5.01 Å². The molecule has 0 unspecified atom stereocenters. The summed E-state index contributed by atoms with van der Waals surface area (Å²) in [6, 6.07) is 8.50. The van der Waals surface area contributed by atoms with Crippen molar-refractivity contribution in [3.8, 4) is 5.75 Å². The van der Waals surface area contributed by atoms with Crippen LogP contribution in [0.1, 0.15) is 37.7 Å². The lowest BCUT2D eigenvalue weighted by Crippen LogP contribution is -2.40. The summed E-state index contributed by atoms with van der Waals surface area (Å²) in [5, 5.41) is 15.3. The van der Waals surface area contributed by atoms with Crippen LogP contribution < -0.4 is 4.74 Å². The van der Waals surface area contributed by atoms with E-state index in [4.69, 9.17) is 14.6 Å². The third-order valence-electron chi connectivity index (χ3n) is 5.01. The molecule has 5 rings (SSSR count). The SMILES string of the molecule is Cc1ccc(OCC2=NN3C4=CSC5(CCCCC5)N4N=C3O2)cc1. The number of aryl methyl sites for hydroxylation is 1. The van der Waals surface area contributed by atoms with Crippen molar-refractivity contribution in [2.75, 3.05) is 6.61 Å². The van der Waals surface area contributed by atoms with Crippen molar-refractivity contribution in [2.24, 2.45) is 10.2 Å². The minimum Gasteiger partial charge on any atom is -0.484 e. The van der Waals surface area contributed by atoms with Gasteiger partial charge in [0.25, 0.3) is 5.90 Å². The van der Waals surface area contributed by atoms with E-state index in [1.165, 1.54) is 24.8 Å². The van der Waals surface area contributed by atoms with Crippen LogP contribution in [0.4, 0.5) is 0 Å². The summed E-state index contributed by atoms with van der Waals surface area (Å²) in [4.78, 5) is 0.0718. The summed E-state index contributed by atoms with van der Waals surface area (Å²) < 4.78 is 11.6. The second-order valence-corrected chi connectivity index (χ2v) is 8.04. The fraction of sp³-hybridized carbons (Fsp3) is 0.444. The maximum Gasteiger partial charge on any atom is 0.344 e. The molecule has 0 N–H and O–H groups in total. The van der Waals surface area contributed by atoms with Crippen molar-refractivity contribution >= 4 is 23.7 Å². The molecule has 3 aliphatic heterocycles. The smallest absolute Gasteiger partial charge is 0.344 e. The lowest BCUT2D eigenvalue weighted by Gasteiger charge is -2.37. The van der Waals surface area contributed by atoms with Gasteiger partial charge in [-0.3, -0.25) is 0 Å². The van der Waals surface area contributed by atoms with Gasteiger partial charge in [0, 0.05) is 5.41 Å². The van der Waals surface area contributed by atoms with Gasteiger partial charge >= 0.3 is 6.02 Å². The van der Waals surface area contributed by atoms with E-state index in [1.54, 1.807) is 5.01 Å². The van der Waals surface area contributed by atoms with E-state index in [1.807, 2.05) is 36.0 Å². The Balaban J connectivity index is 1.27. The Morgan fingerprint density at radius 2 is 1.96 bits per heavy atom. The highest BCUT2D eigenvalue weighted by molar-refractivity contribution is 8.03. The van der Waals surface area contributed by atoms with Gasteiger partial charge in [-0.25, -0.2) is 5.01 Å². The summed E-state index contributed by atoms with van der Waals surface area (Å²) in [5.74, 6) is 2.35. The number of hydrazone groups is 2. The second kappa shape index (κ2) is 5.69. The highest BCUT2D eigenvalue weighted by atomic mass is 32.2. The third kappa shape index (κ3) is 2.49. The summed E-state index contributed by atoms with van der Waals surface area (Å²) in [6.07, 6.45) is 6.16. The summed E-state index contributed by atoms with van der Waals surface area (Å²) in [7, 11) is 0. The highest BCUT2D eigenvalue weighted by Gasteiger charge is 2.51. The van der Waals surface area contributed by atoms with Crippen LogP contribution in [0.2, 0.25) is 0 Å². The molecule has 0 aromatic heterocycles. The molecular formula is C18H20N4O2S. The second-order valence-electron chi connectivity index (χ2n) is 6.80.